The summed E-state index contributed by atoms with van der Waals surface area (Å²) in [6, 6.07) is 14.1. The molecule has 2 heterocycles. The van der Waals surface area contributed by atoms with Gasteiger partial charge in [-0.05, 0) is 48.9 Å². The summed E-state index contributed by atoms with van der Waals surface area (Å²) in [7, 11) is 1.61. The fourth-order valence-corrected chi connectivity index (χ4v) is 3.65. The summed E-state index contributed by atoms with van der Waals surface area (Å²) >= 11 is 1.39. The fraction of sp³-hybridized carbons (Fsp3) is 0.0952. The Morgan fingerprint density at radius 1 is 1.14 bits per heavy atom. The van der Waals surface area contributed by atoms with Gasteiger partial charge in [-0.25, -0.2) is 9.78 Å². The molecule has 4 aromatic rings. The van der Waals surface area contributed by atoms with Crippen LogP contribution in [0.4, 0.5) is 5.69 Å². The molecule has 0 spiro atoms. The van der Waals surface area contributed by atoms with Crippen LogP contribution in [-0.4, -0.2) is 18.0 Å². The van der Waals surface area contributed by atoms with Gasteiger partial charge in [-0.2, -0.15) is 0 Å². The van der Waals surface area contributed by atoms with Crippen LogP contribution in [0, 0.1) is 6.92 Å². The number of benzene rings is 2. The number of carbonyl (C=O) groups is 1. The van der Waals surface area contributed by atoms with Crippen molar-refractivity contribution in [1.29, 1.82) is 0 Å². The Labute approximate surface area is 164 Å². The normalized spacial score (nSPS) is 10.8. The van der Waals surface area contributed by atoms with E-state index in [1.54, 1.807) is 24.6 Å². The molecule has 6 nitrogen and oxygen atoms in total. The van der Waals surface area contributed by atoms with E-state index in [1.807, 2.05) is 37.3 Å². The lowest BCUT2D eigenvalue weighted by atomic mass is 10.1. The van der Waals surface area contributed by atoms with E-state index >= 15 is 0 Å². The highest BCUT2D eigenvalue weighted by atomic mass is 32.1. The molecule has 0 fully saturated rings. The Balaban J connectivity index is 1.56. The van der Waals surface area contributed by atoms with E-state index in [9.17, 15) is 9.59 Å². The summed E-state index contributed by atoms with van der Waals surface area (Å²) in [6.07, 6.45) is 0. The largest absolute Gasteiger partial charge is 0.497 e. The maximum Gasteiger partial charge on any atom is 0.336 e. The van der Waals surface area contributed by atoms with Crippen LogP contribution >= 0.6 is 11.3 Å². The summed E-state index contributed by atoms with van der Waals surface area (Å²) in [5, 5.41) is 6.07. The van der Waals surface area contributed by atoms with Crippen molar-refractivity contribution in [3.05, 3.63) is 75.6 Å². The Hall–Kier alpha value is -3.45. The molecule has 0 aliphatic carbocycles. The van der Waals surface area contributed by atoms with Crippen LogP contribution in [-0.2, 0) is 0 Å². The van der Waals surface area contributed by atoms with Crippen LogP contribution in [0.15, 0.2) is 63.1 Å². The van der Waals surface area contributed by atoms with Crippen LogP contribution in [0.25, 0.3) is 21.5 Å². The number of aromatic nitrogens is 1. The predicted molar refractivity (Wildman–Crippen MR) is 109 cm³/mol. The number of nitrogens with zero attached hydrogens (tertiary/aromatic N) is 1. The molecule has 2 aromatic heterocycles. The Bertz CT molecular complexity index is 1230. The lowest BCUT2D eigenvalue weighted by molar-refractivity contribution is 0.102. The molecule has 0 unspecified atom stereocenters. The first-order valence-electron chi connectivity index (χ1n) is 8.49. The molecule has 7 heteroatoms. The first-order chi connectivity index (χ1) is 13.5. The molecule has 1 amide bonds. The number of rotatable bonds is 4. The summed E-state index contributed by atoms with van der Waals surface area (Å²) in [4.78, 5) is 28.5. The highest BCUT2D eigenvalue weighted by Gasteiger charge is 2.13. The fourth-order valence-electron chi connectivity index (χ4n) is 2.84. The quantitative estimate of drug-likeness (QED) is 0.518. The van der Waals surface area contributed by atoms with Gasteiger partial charge in [0.1, 0.15) is 22.0 Å². The van der Waals surface area contributed by atoms with E-state index in [4.69, 9.17) is 9.15 Å². The van der Waals surface area contributed by atoms with Crippen molar-refractivity contribution < 1.29 is 13.9 Å². The van der Waals surface area contributed by atoms with Crippen molar-refractivity contribution >= 4 is 33.9 Å². The first-order valence-corrected chi connectivity index (χ1v) is 9.37. The predicted octanol–water partition coefficient (Wildman–Crippen LogP) is 4.49. The summed E-state index contributed by atoms with van der Waals surface area (Å²) in [5.74, 6) is 0.432. The second-order valence-electron chi connectivity index (χ2n) is 6.18. The molecule has 0 radical (unpaired) electrons. The second-order valence-corrected chi connectivity index (χ2v) is 7.04. The smallest absolute Gasteiger partial charge is 0.336 e. The zero-order chi connectivity index (χ0) is 19.7. The van der Waals surface area contributed by atoms with Crippen molar-refractivity contribution in [2.24, 2.45) is 0 Å². The number of fused-ring (bicyclic) bond motifs is 1. The second kappa shape index (κ2) is 7.28. The number of anilines is 1. The van der Waals surface area contributed by atoms with E-state index in [1.165, 1.54) is 17.4 Å². The van der Waals surface area contributed by atoms with E-state index < -0.39 is 5.63 Å². The summed E-state index contributed by atoms with van der Waals surface area (Å²) < 4.78 is 10.4. The topological polar surface area (TPSA) is 81.4 Å². The monoisotopic (exact) mass is 392 g/mol. The Morgan fingerprint density at radius 3 is 2.68 bits per heavy atom. The van der Waals surface area contributed by atoms with E-state index in [0.29, 0.717) is 17.0 Å². The number of aryl methyl sites for hydroxylation is 1. The summed E-state index contributed by atoms with van der Waals surface area (Å²) in [5.41, 5.74) is 2.60. The van der Waals surface area contributed by atoms with Gasteiger partial charge in [-0.1, -0.05) is 0 Å². The highest BCUT2D eigenvalue weighted by molar-refractivity contribution is 7.13. The van der Waals surface area contributed by atoms with Gasteiger partial charge in [0.15, 0.2) is 0 Å². The molecule has 0 saturated carbocycles. The molecule has 28 heavy (non-hydrogen) atoms. The number of amides is 1. The first kappa shape index (κ1) is 17.9. The third kappa shape index (κ3) is 3.52. The van der Waals surface area contributed by atoms with E-state index in [2.05, 4.69) is 10.3 Å². The van der Waals surface area contributed by atoms with Gasteiger partial charge in [-0.15, -0.1) is 11.3 Å². The molecular weight excluding hydrogens is 376 g/mol. The van der Waals surface area contributed by atoms with Crippen molar-refractivity contribution in [2.45, 2.75) is 6.92 Å². The van der Waals surface area contributed by atoms with Crippen LogP contribution < -0.4 is 15.7 Å². The van der Waals surface area contributed by atoms with Crippen molar-refractivity contribution in [3.63, 3.8) is 0 Å². The third-order valence-electron chi connectivity index (χ3n) is 4.28. The maximum atomic E-state index is 12.5. The minimum absolute atomic E-state index is 0.321. The molecule has 0 saturated heterocycles. The minimum atomic E-state index is -0.419. The van der Waals surface area contributed by atoms with Crippen LogP contribution in [0.1, 0.15) is 16.1 Å². The molecule has 4 rings (SSSR count). The number of methoxy groups -OCH3 is 1. The van der Waals surface area contributed by atoms with Crippen molar-refractivity contribution in [1.82, 2.24) is 4.98 Å². The molecule has 0 aliphatic rings. The Kier molecular flexibility index (Phi) is 4.67. The number of hydrogen-bond donors (Lipinski definition) is 1. The number of hydrogen-bond acceptors (Lipinski definition) is 6. The van der Waals surface area contributed by atoms with Crippen molar-refractivity contribution in [2.75, 3.05) is 12.4 Å². The lowest BCUT2D eigenvalue weighted by Gasteiger charge is -2.05. The van der Waals surface area contributed by atoms with Gasteiger partial charge < -0.3 is 14.5 Å². The number of thiazole rings is 1. The average Bonchev–Trinajstić information content (AvgIpc) is 3.18. The SMILES string of the molecule is COc1ccc(-c2nc(C(=O)Nc3ccc4c(C)cc(=O)oc4c3)cs2)cc1. The molecule has 140 valence electrons. The number of nitrogens with one attached hydrogen (secondary N) is 1. The molecule has 1 N–H and O–H groups in total. The highest BCUT2D eigenvalue weighted by Crippen LogP contribution is 2.26. The maximum absolute atomic E-state index is 12.5. The zero-order valence-corrected chi connectivity index (χ0v) is 16.0. The van der Waals surface area contributed by atoms with Crippen LogP contribution in [0.2, 0.25) is 0 Å². The van der Waals surface area contributed by atoms with Crippen LogP contribution in [0.3, 0.4) is 0 Å². The van der Waals surface area contributed by atoms with E-state index in [0.717, 1.165) is 27.3 Å². The third-order valence-corrected chi connectivity index (χ3v) is 5.17. The molecule has 2 aromatic carbocycles. The lowest BCUT2D eigenvalue weighted by Crippen LogP contribution is -2.12. The van der Waals surface area contributed by atoms with Gasteiger partial charge >= 0.3 is 5.63 Å². The van der Waals surface area contributed by atoms with E-state index in [-0.39, 0.29) is 5.91 Å². The molecule has 0 aliphatic heterocycles. The summed E-state index contributed by atoms with van der Waals surface area (Å²) in [6.45, 7) is 1.84. The van der Waals surface area contributed by atoms with Gasteiger partial charge in [0.25, 0.3) is 5.91 Å². The zero-order valence-electron chi connectivity index (χ0n) is 15.2. The molecular formula is C21H16N2O4S. The van der Waals surface area contributed by atoms with Crippen molar-refractivity contribution in [3.8, 4) is 16.3 Å². The van der Waals surface area contributed by atoms with Gasteiger partial charge in [0, 0.05) is 34.1 Å². The van der Waals surface area contributed by atoms with Crippen LogP contribution in [0.5, 0.6) is 5.75 Å². The Morgan fingerprint density at radius 2 is 1.93 bits per heavy atom. The number of carbonyl (C=O) groups excluding carboxylic acids is 1. The molecule has 0 bridgehead atoms. The van der Waals surface area contributed by atoms with Gasteiger partial charge in [-0.3, -0.25) is 4.79 Å². The molecule has 0 atom stereocenters. The average molecular weight is 392 g/mol. The van der Waals surface area contributed by atoms with Gasteiger partial charge in [0.05, 0.1) is 7.11 Å². The standard InChI is InChI=1S/C21H16N2O4S/c1-12-9-19(24)27-18-10-14(5-8-16(12)18)22-20(25)17-11-28-21(23-17)13-3-6-15(26-2)7-4-13/h3-11H,1-2H3,(H,22,25). The minimum Gasteiger partial charge on any atom is -0.497 e. The van der Waals surface area contributed by atoms with Gasteiger partial charge in [0.2, 0.25) is 0 Å². The number of ether oxygens (including phenoxy) is 1.